The predicted molar refractivity (Wildman–Crippen MR) is 69.6 cm³/mol. The van der Waals surface area contributed by atoms with E-state index in [0.29, 0.717) is 10.0 Å². The van der Waals surface area contributed by atoms with Crippen LogP contribution in [0.2, 0.25) is 0 Å². The second kappa shape index (κ2) is 4.53. The summed E-state index contributed by atoms with van der Waals surface area (Å²) in [5.74, 6) is -0.357. The molecule has 0 saturated heterocycles. The van der Waals surface area contributed by atoms with Gasteiger partial charge in [0.25, 0.3) is 0 Å². The molecule has 1 aliphatic rings. The summed E-state index contributed by atoms with van der Waals surface area (Å²) in [6.45, 7) is 3.98. The molecule has 0 fully saturated rings. The molecule has 0 bridgehead atoms. The number of ether oxygens (including phenoxy) is 1. The molecule has 5 heteroatoms. The molecular weight excluding hydrogens is 301 g/mol. The first kappa shape index (κ1) is 13.3. The van der Waals surface area contributed by atoms with E-state index in [4.69, 9.17) is 10.5 Å². The molecule has 0 radical (unpaired) electrons. The first-order valence-corrected chi connectivity index (χ1v) is 6.54. The van der Waals surface area contributed by atoms with Crippen LogP contribution in [0.25, 0.3) is 0 Å². The van der Waals surface area contributed by atoms with Crippen LogP contribution in [-0.2, 0) is 11.2 Å². The van der Waals surface area contributed by atoms with E-state index in [-0.39, 0.29) is 11.2 Å². The predicted octanol–water partition coefficient (Wildman–Crippen LogP) is 3.70. The average Bonchev–Trinajstić information content (AvgIpc) is 2.25. The summed E-state index contributed by atoms with van der Waals surface area (Å²) in [6.07, 6.45) is 0.362. The zero-order chi connectivity index (χ0) is 13.5. The molecule has 98 valence electrons. The third-order valence-corrected chi connectivity index (χ3v) is 4.05. The molecule has 1 aromatic carbocycles. The molecule has 0 aromatic heterocycles. The van der Waals surface area contributed by atoms with E-state index in [1.54, 1.807) is 6.07 Å². The van der Waals surface area contributed by atoms with E-state index in [1.165, 1.54) is 6.07 Å². The molecule has 0 heterocycles. The third kappa shape index (κ3) is 2.36. The highest BCUT2D eigenvalue weighted by molar-refractivity contribution is 9.10. The summed E-state index contributed by atoms with van der Waals surface area (Å²) in [7, 11) is 0. The average molecular weight is 316 g/mol. The van der Waals surface area contributed by atoms with Crippen molar-refractivity contribution in [2.45, 2.75) is 32.8 Å². The zero-order valence-electron chi connectivity index (χ0n) is 10.3. The van der Waals surface area contributed by atoms with Crippen molar-refractivity contribution in [1.82, 2.24) is 0 Å². The smallest absolute Gasteiger partial charge is 0.405 e. The molecule has 2 N–H and O–H groups in total. The first-order valence-electron chi connectivity index (χ1n) is 5.75. The quantitative estimate of drug-likeness (QED) is 0.859. The molecule has 0 aliphatic heterocycles. The van der Waals surface area contributed by atoms with Crippen molar-refractivity contribution in [3.05, 3.63) is 33.5 Å². The number of hydrogen-bond donors (Lipinski definition) is 1. The first-order chi connectivity index (χ1) is 8.31. The lowest BCUT2D eigenvalue weighted by molar-refractivity contribution is 0.0144. The maximum atomic E-state index is 13.7. The Kier molecular flexibility index (Phi) is 3.36. The Morgan fingerprint density at radius 1 is 1.56 bits per heavy atom. The highest BCUT2D eigenvalue weighted by Crippen LogP contribution is 2.46. The van der Waals surface area contributed by atoms with Gasteiger partial charge in [0.2, 0.25) is 0 Å². The van der Waals surface area contributed by atoms with Crippen LogP contribution in [0.5, 0.6) is 0 Å². The number of fused-ring (bicyclic) bond motifs is 1. The zero-order valence-corrected chi connectivity index (χ0v) is 11.9. The van der Waals surface area contributed by atoms with Crippen LogP contribution in [0.1, 0.15) is 37.5 Å². The van der Waals surface area contributed by atoms with Gasteiger partial charge in [0.1, 0.15) is 11.9 Å². The van der Waals surface area contributed by atoms with Crippen molar-refractivity contribution < 1.29 is 13.9 Å². The fourth-order valence-electron chi connectivity index (χ4n) is 2.41. The van der Waals surface area contributed by atoms with Crippen LogP contribution in [0.3, 0.4) is 0 Å². The Morgan fingerprint density at radius 2 is 2.22 bits per heavy atom. The van der Waals surface area contributed by atoms with E-state index in [9.17, 15) is 9.18 Å². The summed E-state index contributed by atoms with van der Waals surface area (Å²) >= 11 is 3.17. The fraction of sp³-hybridized carbons (Fsp3) is 0.462. The standard InChI is InChI=1S/C13H15BrFNO2/c1-13(2)4-3-7-5-9(14)10(15)6-8(7)11(13)18-12(16)17/h5-6,11H,3-4H2,1-2H3,(H2,16,17)/t11-/m0/s1. The number of halogens is 2. The van der Waals surface area contributed by atoms with Gasteiger partial charge in [0.15, 0.2) is 0 Å². The Morgan fingerprint density at radius 3 is 2.83 bits per heavy atom. The van der Waals surface area contributed by atoms with Gasteiger partial charge in [-0.15, -0.1) is 0 Å². The largest absolute Gasteiger partial charge is 0.441 e. The summed E-state index contributed by atoms with van der Waals surface area (Å²) in [6, 6.07) is 3.17. The molecule has 1 atom stereocenters. The van der Waals surface area contributed by atoms with Crippen LogP contribution in [0.15, 0.2) is 16.6 Å². The Bertz CT molecular complexity index is 502. The molecule has 1 aliphatic carbocycles. The van der Waals surface area contributed by atoms with Gasteiger partial charge >= 0.3 is 6.09 Å². The van der Waals surface area contributed by atoms with Crippen molar-refractivity contribution in [2.24, 2.45) is 11.1 Å². The Hall–Kier alpha value is -1.10. The van der Waals surface area contributed by atoms with E-state index < -0.39 is 12.2 Å². The lowest BCUT2D eigenvalue weighted by atomic mass is 9.72. The van der Waals surface area contributed by atoms with Gasteiger partial charge in [-0.1, -0.05) is 13.8 Å². The molecule has 1 amide bonds. The maximum absolute atomic E-state index is 13.7. The van der Waals surface area contributed by atoms with Crippen LogP contribution in [-0.4, -0.2) is 6.09 Å². The lowest BCUT2D eigenvalue weighted by Crippen LogP contribution is -2.33. The number of nitrogens with two attached hydrogens (primary N) is 1. The number of amides is 1. The Balaban J connectivity index is 2.50. The van der Waals surface area contributed by atoms with Crippen molar-refractivity contribution in [1.29, 1.82) is 0 Å². The molecular formula is C13H15BrFNO2. The highest BCUT2D eigenvalue weighted by Gasteiger charge is 2.39. The van der Waals surface area contributed by atoms with Crippen molar-refractivity contribution >= 4 is 22.0 Å². The monoisotopic (exact) mass is 315 g/mol. The number of hydrogen-bond acceptors (Lipinski definition) is 2. The normalized spacial score (nSPS) is 21.2. The molecule has 3 nitrogen and oxygen atoms in total. The van der Waals surface area contributed by atoms with Gasteiger partial charge in [0, 0.05) is 5.41 Å². The van der Waals surface area contributed by atoms with Crippen molar-refractivity contribution in [3.8, 4) is 0 Å². The second-order valence-electron chi connectivity index (χ2n) is 5.27. The van der Waals surface area contributed by atoms with Crippen LogP contribution in [0.4, 0.5) is 9.18 Å². The SMILES string of the molecule is CC1(C)CCc2cc(Br)c(F)cc2[C@@H]1OC(N)=O. The van der Waals surface area contributed by atoms with Gasteiger partial charge in [-0.2, -0.15) is 0 Å². The minimum atomic E-state index is -0.829. The summed E-state index contributed by atoms with van der Waals surface area (Å²) in [5.41, 5.74) is 6.57. The minimum Gasteiger partial charge on any atom is -0.441 e. The summed E-state index contributed by atoms with van der Waals surface area (Å²) in [4.78, 5) is 11.0. The third-order valence-electron chi connectivity index (χ3n) is 3.45. The number of primary amides is 1. The Labute approximate surface area is 114 Å². The van der Waals surface area contributed by atoms with Crippen LogP contribution < -0.4 is 5.73 Å². The summed E-state index contributed by atoms with van der Waals surface area (Å²) < 4.78 is 19.3. The molecule has 0 saturated carbocycles. The maximum Gasteiger partial charge on any atom is 0.405 e. The second-order valence-corrected chi connectivity index (χ2v) is 6.12. The van der Waals surface area contributed by atoms with Crippen molar-refractivity contribution in [2.75, 3.05) is 0 Å². The van der Waals surface area contributed by atoms with Gasteiger partial charge in [-0.3, -0.25) is 0 Å². The molecule has 0 spiro atoms. The molecule has 2 rings (SSSR count). The molecule has 18 heavy (non-hydrogen) atoms. The molecule has 0 unspecified atom stereocenters. The number of benzene rings is 1. The lowest BCUT2D eigenvalue weighted by Gasteiger charge is -2.39. The van der Waals surface area contributed by atoms with Gasteiger partial charge in [-0.25, -0.2) is 9.18 Å². The van der Waals surface area contributed by atoms with Gasteiger partial charge < -0.3 is 10.5 Å². The van der Waals surface area contributed by atoms with Crippen LogP contribution in [0, 0.1) is 11.2 Å². The fourth-order valence-corrected chi connectivity index (χ4v) is 2.80. The minimum absolute atomic E-state index is 0.248. The van der Waals surface area contributed by atoms with Crippen LogP contribution >= 0.6 is 15.9 Å². The number of rotatable bonds is 1. The molecule has 1 aromatic rings. The van der Waals surface area contributed by atoms with Gasteiger partial charge in [-0.05, 0) is 52.0 Å². The summed E-state index contributed by atoms with van der Waals surface area (Å²) in [5, 5.41) is 0. The van der Waals surface area contributed by atoms with E-state index >= 15 is 0 Å². The van der Waals surface area contributed by atoms with E-state index in [2.05, 4.69) is 15.9 Å². The van der Waals surface area contributed by atoms with E-state index in [0.717, 1.165) is 18.4 Å². The number of aryl methyl sites for hydroxylation is 1. The topological polar surface area (TPSA) is 52.3 Å². The number of carbonyl (C=O) groups is 1. The van der Waals surface area contributed by atoms with Gasteiger partial charge in [0.05, 0.1) is 4.47 Å². The highest BCUT2D eigenvalue weighted by atomic mass is 79.9. The van der Waals surface area contributed by atoms with Crippen molar-refractivity contribution in [3.63, 3.8) is 0 Å². The number of carbonyl (C=O) groups excluding carboxylic acids is 1. The van der Waals surface area contributed by atoms with E-state index in [1.807, 2.05) is 13.8 Å².